The van der Waals surface area contributed by atoms with Gasteiger partial charge in [0.2, 0.25) is 0 Å². The number of aryl methyl sites for hydroxylation is 1. The third-order valence-corrected chi connectivity index (χ3v) is 8.17. The molecule has 0 bridgehead atoms. The molecule has 5 heteroatoms. The van der Waals surface area contributed by atoms with Crippen LogP contribution in [-0.4, -0.2) is 6.21 Å². The predicted octanol–water partition coefficient (Wildman–Crippen LogP) is 9.57. The number of halogens is 2. The molecule has 0 saturated carbocycles. The number of aliphatic imine (C=N–C) groups is 1. The summed E-state index contributed by atoms with van der Waals surface area (Å²) in [5.41, 5.74) is 8.09. The Bertz CT molecular complexity index is 1510. The van der Waals surface area contributed by atoms with Crippen molar-refractivity contribution < 1.29 is 4.74 Å². The highest BCUT2D eigenvalue weighted by Gasteiger charge is 2.37. The molecular weight excluding hydrogens is 556 g/mol. The monoisotopic (exact) mass is 582 g/mol. The summed E-state index contributed by atoms with van der Waals surface area (Å²) in [7, 11) is 0. The number of nitrogens with one attached hydrogen (secondary N) is 1. The molecule has 4 aromatic rings. The standard InChI is InChI=1S/C33H28BrClN2O/c1-21-5-15-31-30(17-21)28-3-2-4-29(28)33(37-31)23-8-13-27(14-9-23)36-19-24-18-26(35)12-16-32(24)38-20-22-6-10-25(34)11-7-22/h2-3,5-19,28-29,33,37H,4,20H2,1H3/t28-,29-,33-/m1/s1. The van der Waals surface area contributed by atoms with Gasteiger partial charge in [-0.1, -0.05) is 81.6 Å². The third-order valence-electron chi connectivity index (χ3n) is 7.40. The molecule has 0 spiro atoms. The molecule has 3 nitrogen and oxygen atoms in total. The Labute approximate surface area is 237 Å². The first-order valence-electron chi connectivity index (χ1n) is 12.9. The second-order valence-electron chi connectivity index (χ2n) is 10.0. The van der Waals surface area contributed by atoms with E-state index in [1.54, 1.807) is 0 Å². The number of fused-ring (bicyclic) bond motifs is 3. The molecule has 2 aliphatic rings. The predicted molar refractivity (Wildman–Crippen MR) is 161 cm³/mol. The maximum absolute atomic E-state index is 6.29. The van der Waals surface area contributed by atoms with E-state index in [4.69, 9.17) is 21.3 Å². The van der Waals surface area contributed by atoms with Crippen molar-refractivity contribution in [3.8, 4) is 5.75 Å². The van der Waals surface area contributed by atoms with Crippen LogP contribution < -0.4 is 10.1 Å². The molecule has 0 amide bonds. The van der Waals surface area contributed by atoms with Crippen molar-refractivity contribution >= 4 is 45.1 Å². The summed E-state index contributed by atoms with van der Waals surface area (Å²) in [5.74, 6) is 1.74. The fourth-order valence-electron chi connectivity index (χ4n) is 5.45. The van der Waals surface area contributed by atoms with Crippen molar-refractivity contribution in [1.29, 1.82) is 0 Å². The Kier molecular flexibility index (Phi) is 7.10. The molecule has 190 valence electrons. The largest absolute Gasteiger partial charge is 0.488 e. The number of benzene rings is 4. The van der Waals surface area contributed by atoms with Gasteiger partial charge in [0, 0.05) is 32.9 Å². The van der Waals surface area contributed by atoms with Crippen molar-refractivity contribution in [2.45, 2.75) is 31.9 Å². The Morgan fingerprint density at radius 2 is 1.82 bits per heavy atom. The van der Waals surface area contributed by atoms with Gasteiger partial charge in [-0.2, -0.15) is 0 Å². The third kappa shape index (κ3) is 5.29. The van der Waals surface area contributed by atoms with Gasteiger partial charge in [0.05, 0.1) is 11.7 Å². The molecule has 1 aliphatic heterocycles. The first kappa shape index (κ1) is 25.0. The van der Waals surface area contributed by atoms with Gasteiger partial charge in [-0.15, -0.1) is 0 Å². The van der Waals surface area contributed by atoms with Crippen LogP contribution in [-0.2, 0) is 6.61 Å². The first-order chi connectivity index (χ1) is 18.5. The van der Waals surface area contributed by atoms with E-state index in [2.05, 4.69) is 82.8 Å². The quantitative estimate of drug-likeness (QED) is 0.181. The zero-order chi connectivity index (χ0) is 26.1. The molecule has 4 aromatic carbocycles. The smallest absolute Gasteiger partial charge is 0.128 e. The fourth-order valence-corrected chi connectivity index (χ4v) is 5.89. The van der Waals surface area contributed by atoms with Crippen molar-refractivity contribution in [1.82, 2.24) is 0 Å². The van der Waals surface area contributed by atoms with Gasteiger partial charge in [0.1, 0.15) is 12.4 Å². The van der Waals surface area contributed by atoms with Gasteiger partial charge >= 0.3 is 0 Å². The lowest BCUT2D eigenvalue weighted by atomic mass is 9.76. The molecule has 6 rings (SSSR count). The van der Waals surface area contributed by atoms with Crippen molar-refractivity contribution in [3.05, 3.63) is 134 Å². The van der Waals surface area contributed by atoms with Crippen LogP contribution >= 0.6 is 27.5 Å². The minimum absolute atomic E-state index is 0.273. The fraction of sp³-hybridized carbons (Fsp3) is 0.182. The molecule has 0 unspecified atom stereocenters. The lowest BCUT2D eigenvalue weighted by Crippen LogP contribution is -2.29. The highest BCUT2D eigenvalue weighted by molar-refractivity contribution is 9.10. The molecule has 0 fully saturated rings. The van der Waals surface area contributed by atoms with Crippen molar-refractivity contribution in [2.24, 2.45) is 10.9 Å². The normalized spacial score (nSPS) is 19.7. The van der Waals surface area contributed by atoms with Crippen LogP contribution in [0.1, 0.15) is 46.2 Å². The van der Waals surface area contributed by atoms with Crippen molar-refractivity contribution in [2.75, 3.05) is 5.32 Å². The molecule has 0 saturated heterocycles. The zero-order valence-electron chi connectivity index (χ0n) is 21.1. The summed E-state index contributed by atoms with van der Waals surface area (Å²) >= 11 is 9.77. The Morgan fingerprint density at radius 3 is 2.63 bits per heavy atom. The summed E-state index contributed by atoms with van der Waals surface area (Å²) < 4.78 is 7.15. The van der Waals surface area contributed by atoms with Gasteiger partial charge in [-0.3, -0.25) is 4.99 Å². The summed E-state index contributed by atoms with van der Waals surface area (Å²) in [4.78, 5) is 4.74. The van der Waals surface area contributed by atoms with Crippen LogP contribution in [0.4, 0.5) is 11.4 Å². The number of anilines is 1. The number of hydrogen-bond donors (Lipinski definition) is 1. The number of rotatable bonds is 6. The summed E-state index contributed by atoms with van der Waals surface area (Å²) in [6.45, 7) is 2.64. The highest BCUT2D eigenvalue weighted by atomic mass is 79.9. The maximum atomic E-state index is 6.29. The van der Waals surface area contributed by atoms with E-state index in [1.807, 2.05) is 48.7 Å². The van der Waals surface area contributed by atoms with E-state index < -0.39 is 0 Å². The lowest BCUT2D eigenvalue weighted by molar-refractivity contribution is 0.306. The van der Waals surface area contributed by atoms with Gasteiger partial charge in [0.25, 0.3) is 0 Å². The van der Waals surface area contributed by atoms with Crippen LogP contribution in [0, 0.1) is 12.8 Å². The van der Waals surface area contributed by atoms with Crippen molar-refractivity contribution in [3.63, 3.8) is 0 Å². The Hall–Kier alpha value is -3.34. The SMILES string of the molecule is Cc1ccc2c(c1)[C@@H]1C=CC[C@H]1[C@@H](c1ccc(N=Cc3cc(Cl)ccc3OCc3ccc(Br)cc3)cc1)N2. The van der Waals surface area contributed by atoms with Crippen LogP contribution in [0.15, 0.2) is 107 Å². The minimum Gasteiger partial charge on any atom is -0.488 e. The average molecular weight is 584 g/mol. The molecular formula is C33H28BrClN2O. The molecule has 38 heavy (non-hydrogen) atoms. The van der Waals surface area contributed by atoms with Crippen LogP contribution in [0.3, 0.4) is 0 Å². The van der Waals surface area contributed by atoms with E-state index in [9.17, 15) is 0 Å². The summed E-state index contributed by atoms with van der Waals surface area (Å²) in [6.07, 6.45) is 7.64. The molecule has 1 N–H and O–H groups in total. The average Bonchev–Trinajstić information content (AvgIpc) is 3.43. The van der Waals surface area contributed by atoms with E-state index >= 15 is 0 Å². The number of nitrogens with zero attached hydrogens (tertiary/aromatic N) is 1. The second-order valence-corrected chi connectivity index (χ2v) is 11.4. The summed E-state index contributed by atoms with van der Waals surface area (Å²) in [6, 6.07) is 29.3. The van der Waals surface area contributed by atoms with Gasteiger partial charge in [0.15, 0.2) is 0 Å². The van der Waals surface area contributed by atoms with Crippen LogP contribution in [0.5, 0.6) is 5.75 Å². The Balaban J connectivity index is 1.19. The first-order valence-corrected chi connectivity index (χ1v) is 14.1. The number of allylic oxidation sites excluding steroid dienone is 2. The van der Waals surface area contributed by atoms with Crippen LogP contribution in [0.2, 0.25) is 5.02 Å². The molecule has 1 heterocycles. The zero-order valence-corrected chi connectivity index (χ0v) is 23.4. The van der Waals surface area contributed by atoms with Gasteiger partial charge in [-0.05, 0) is 84.5 Å². The Morgan fingerprint density at radius 1 is 1.00 bits per heavy atom. The molecule has 0 radical (unpaired) electrons. The summed E-state index contributed by atoms with van der Waals surface area (Å²) in [5, 5.41) is 4.47. The van der Waals surface area contributed by atoms with E-state index in [-0.39, 0.29) is 6.04 Å². The van der Waals surface area contributed by atoms with E-state index in [1.165, 1.54) is 22.4 Å². The molecule has 3 atom stereocenters. The van der Waals surface area contributed by atoms with Gasteiger partial charge in [-0.25, -0.2) is 0 Å². The van der Waals surface area contributed by atoms with E-state index in [0.717, 1.165) is 33.5 Å². The highest BCUT2D eigenvalue weighted by Crippen LogP contribution is 2.50. The topological polar surface area (TPSA) is 33.6 Å². The number of ether oxygens (including phenoxy) is 1. The molecule has 0 aromatic heterocycles. The maximum Gasteiger partial charge on any atom is 0.128 e. The number of hydrogen-bond acceptors (Lipinski definition) is 3. The molecule has 1 aliphatic carbocycles. The second kappa shape index (κ2) is 10.8. The minimum atomic E-state index is 0.273. The lowest BCUT2D eigenvalue weighted by Gasteiger charge is -2.37. The van der Waals surface area contributed by atoms with Gasteiger partial charge < -0.3 is 10.1 Å². The van der Waals surface area contributed by atoms with E-state index in [0.29, 0.717) is 23.5 Å². The van der Waals surface area contributed by atoms with Crippen LogP contribution in [0.25, 0.3) is 0 Å².